The number of imide groups is 1. The van der Waals surface area contributed by atoms with E-state index in [9.17, 15) is 28.3 Å². The number of hydrogen-bond acceptors (Lipinski definition) is 6. The van der Waals surface area contributed by atoms with Crippen molar-refractivity contribution in [2.45, 2.75) is 31.9 Å². The van der Waals surface area contributed by atoms with E-state index >= 15 is 4.39 Å². The predicted molar refractivity (Wildman–Crippen MR) is 125 cm³/mol. The Labute approximate surface area is 217 Å². The predicted octanol–water partition coefficient (Wildman–Crippen LogP) is 3.86. The number of carboxylic acid groups (broad SMARTS) is 1. The number of carbonyl (C=O) groups excluding carboxylic acids is 2. The number of fused-ring (bicyclic) bond motifs is 2. The number of alkyl halides is 2. The molecule has 2 N–H and O–H groups in total. The van der Waals surface area contributed by atoms with Crippen LogP contribution >= 0.6 is 11.6 Å². The van der Waals surface area contributed by atoms with Crippen LogP contribution in [-0.4, -0.2) is 67.7 Å². The SMILES string of the molecule is O=C1c2ccccc2C(=O)N1C[C@@H]1c2c(c(Cl)cc(F)c2OCc2nn[nH]c2CC(F)F)CCN1C(=O)O. The highest BCUT2D eigenvalue weighted by atomic mass is 35.5. The maximum Gasteiger partial charge on any atom is 0.407 e. The molecular weight excluding hydrogens is 531 g/mol. The Kier molecular flexibility index (Phi) is 6.69. The van der Waals surface area contributed by atoms with E-state index in [1.165, 1.54) is 12.1 Å². The summed E-state index contributed by atoms with van der Waals surface area (Å²) in [5.74, 6) is -2.56. The van der Waals surface area contributed by atoms with Gasteiger partial charge in [-0.15, -0.1) is 5.10 Å². The van der Waals surface area contributed by atoms with Gasteiger partial charge in [-0.2, -0.15) is 0 Å². The standard InChI is InChI=1S/C24H19ClF3N5O5/c25-14-7-15(26)21(38-10-17-16(8-19(27)28)29-31-30-17)20-13(14)5-6-32(24(36)37)18(20)9-33-22(34)11-3-1-2-4-12(11)23(33)35/h1-4,7,18-19H,5-6,8-10H2,(H,36,37)(H,29,30,31)/t18-/m1/s1. The summed E-state index contributed by atoms with van der Waals surface area (Å²) in [7, 11) is 0. The van der Waals surface area contributed by atoms with Crippen molar-refractivity contribution in [1.29, 1.82) is 0 Å². The summed E-state index contributed by atoms with van der Waals surface area (Å²) in [6.45, 7) is -0.929. The highest BCUT2D eigenvalue weighted by Gasteiger charge is 2.42. The highest BCUT2D eigenvalue weighted by molar-refractivity contribution is 6.31. The van der Waals surface area contributed by atoms with Crippen LogP contribution in [0.4, 0.5) is 18.0 Å². The number of rotatable bonds is 7. The lowest BCUT2D eigenvalue weighted by Gasteiger charge is -2.38. The largest absolute Gasteiger partial charge is 0.484 e. The number of carbonyl (C=O) groups is 3. The fourth-order valence-corrected chi connectivity index (χ4v) is 5.09. The number of amides is 3. The molecule has 3 heterocycles. The fraction of sp³-hybridized carbons (Fsp3) is 0.292. The number of benzene rings is 2. The number of nitrogens with zero attached hydrogens (tertiary/aromatic N) is 4. The molecule has 0 unspecified atom stereocenters. The zero-order valence-electron chi connectivity index (χ0n) is 19.5. The number of halogens is 4. The molecule has 2 aliphatic rings. The topological polar surface area (TPSA) is 129 Å². The second-order valence-electron chi connectivity index (χ2n) is 8.69. The molecule has 2 aromatic carbocycles. The van der Waals surface area contributed by atoms with Gasteiger partial charge in [-0.1, -0.05) is 28.9 Å². The van der Waals surface area contributed by atoms with Crippen molar-refractivity contribution >= 4 is 29.5 Å². The minimum atomic E-state index is -2.69. The Morgan fingerprint density at radius 2 is 1.92 bits per heavy atom. The number of hydrogen-bond donors (Lipinski definition) is 2. The lowest BCUT2D eigenvalue weighted by atomic mass is 9.91. The molecule has 0 saturated heterocycles. The molecule has 0 fully saturated rings. The van der Waals surface area contributed by atoms with Crippen molar-refractivity contribution in [3.8, 4) is 5.75 Å². The molecule has 3 aromatic rings. The smallest absolute Gasteiger partial charge is 0.407 e. The Bertz CT molecular complexity index is 1410. The first-order valence-electron chi connectivity index (χ1n) is 11.4. The van der Waals surface area contributed by atoms with Crippen molar-refractivity contribution < 1.29 is 37.4 Å². The summed E-state index contributed by atoms with van der Waals surface area (Å²) in [4.78, 5) is 40.1. The molecule has 3 amide bonds. The van der Waals surface area contributed by atoms with E-state index in [1.807, 2.05) is 0 Å². The van der Waals surface area contributed by atoms with E-state index < -0.39 is 55.8 Å². The van der Waals surface area contributed by atoms with Gasteiger partial charge in [0.25, 0.3) is 11.8 Å². The van der Waals surface area contributed by atoms with Gasteiger partial charge in [0.1, 0.15) is 12.3 Å². The van der Waals surface area contributed by atoms with E-state index in [0.717, 1.165) is 15.9 Å². The molecule has 0 radical (unpaired) electrons. The highest BCUT2D eigenvalue weighted by Crippen LogP contribution is 2.43. The second-order valence-corrected chi connectivity index (χ2v) is 9.10. The van der Waals surface area contributed by atoms with Crippen molar-refractivity contribution in [3.63, 3.8) is 0 Å². The van der Waals surface area contributed by atoms with Crippen LogP contribution in [0, 0.1) is 5.82 Å². The van der Waals surface area contributed by atoms with Crippen LogP contribution in [0.15, 0.2) is 30.3 Å². The molecule has 0 bridgehead atoms. The van der Waals surface area contributed by atoms with Crippen LogP contribution in [0.1, 0.15) is 49.3 Å². The van der Waals surface area contributed by atoms with Crippen LogP contribution in [-0.2, 0) is 19.4 Å². The third kappa shape index (κ3) is 4.42. The minimum Gasteiger partial charge on any atom is -0.484 e. The van der Waals surface area contributed by atoms with Crippen molar-refractivity contribution in [3.05, 3.63) is 74.8 Å². The first kappa shape index (κ1) is 25.5. The van der Waals surface area contributed by atoms with E-state index in [4.69, 9.17) is 16.3 Å². The summed E-state index contributed by atoms with van der Waals surface area (Å²) in [5, 5.41) is 19.5. The fourth-order valence-electron chi connectivity index (χ4n) is 4.80. The molecule has 5 rings (SSSR count). The first-order valence-corrected chi connectivity index (χ1v) is 11.8. The van der Waals surface area contributed by atoms with Crippen molar-refractivity contribution in [2.24, 2.45) is 0 Å². The van der Waals surface area contributed by atoms with Crippen LogP contribution in [0.5, 0.6) is 5.75 Å². The Balaban J connectivity index is 1.54. The van der Waals surface area contributed by atoms with Gasteiger partial charge in [0.2, 0.25) is 6.43 Å². The molecule has 1 atom stereocenters. The lowest BCUT2D eigenvalue weighted by molar-refractivity contribution is 0.0565. The van der Waals surface area contributed by atoms with Crippen molar-refractivity contribution in [2.75, 3.05) is 13.1 Å². The normalized spacial score (nSPS) is 16.7. The Morgan fingerprint density at radius 1 is 1.24 bits per heavy atom. The second kappa shape index (κ2) is 9.97. The zero-order valence-corrected chi connectivity index (χ0v) is 20.2. The Morgan fingerprint density at radius 3 is 2.55 bits per heavy atom. The Hall–Kier alpha value is -4.13. The minimum absolute atomic E-state index is 0.00187. The summed E-state index contributed by atoms with van der Waals surface area (Å²) in [6, 6.07) is 5.95. The molecule has 38 heavy (non-hydrogen) atoms. The monoisotopic (exact) mass is 549 g/mol. The summed E-state index contributed by atoms with van der Waals surface area (Å²) >= 11 is 6.32. The van der Waals surface area contributed by atoms with Gasteiger partial charge >= 0.3 is 6.09 Å². The summed E-state index contributed by atoms with van der Waals surface area (Å²) in [5.41, 5.74) is 0.770. The summed E-state index contributed by atoms with van der Waals surface area (Å²) in [6.07, 6.45) is -4.62. The number of aromatic amines is 1. The van der Waals surface area contributed by atoms with Gasteiger partial charge < -0.3 is 9.84 Å². The van der Waals surface area contributed by atoms with Gasteiger partial charge in [0.05, 0.1) is 35.8 Å². The summed E-state index contributed by atoms with van der Waals surface area (Å²) < 4.78 is 46.7. The molecule has 2 aliphatic heterocycles. The van der Waals surface area contributed by atoms with Gasteiger partial charge in [0, 0.05) is 17.1 Å². The molecule has 10 nitrogen and oxygen atoms in total. The van der Waals surface area contributed by atoms with Crippen LogP contribution in [0.25, 0.3) is 0 Å². The number of H-pyrrole nitrogens is 1. The molecule has 0 spiro atoms. The maximum atomic E-state index is 15.3. The van der Waals surface area contributed by atoms with E-state index in [1.54, 1.807) is 12.1 Å². The van der Waals surface area contributed by atoms with Gasteiger partial charge in [0.15, 0.2) is 11.6 Å². The van der Waals surface area contributed by atoms with Crippen LogP contribution in [0.3, 0.4) is 0 Å². The first-order chi connectivity index (χ1) is 18.2. The molecular formula is C24H19ClF3N5O5. The number of aromatic nitrogens is 3. The molecule has 14 heteroatoms. The average molecular weight is 550 g/mol. The third-order valence-corrected chi connectivity index (χ3v) is 6.87. The number of nitrogens with one attached hydrogen (secondary N) is 1. The van der Waals surface area contributed by atoms with E-state index in [2.05, 4.69) is 15.4 Å². The molecule has 1 aromatic heterocycles. The zero-order chi connectivity index (χ0) is 27.1. The van der Waals surface area contributed by atoms with Gasteiger partial charge in [-0.05, 0) is 30.2 Å². The van der Waals surface area contributed by atoms with Gasteiger partial charge in [-0.25, -0.2) is 18.0 Å². The van der Waals surface area contributed by atoms with Gasteiger partial charge in [-0.3, -0.25) is 24.5 Å². The molecule has 0 saturated carbocycles. The van der Waals surface area contributed by atoms with Crippen LogP contribution in [0.2, 0.25) is 5.02 Å². The number of ether oxygens (including phenoxy) is 1. The van der Waals surface area contributed by atoms with E-state index in [-0.39, 0.29) is 51.8 Å². The molecule has 198 valence electrons. The average Bonchev–Trinajstić information content (AvgIpc) is 3.41. The quantitative estimate of drug-likeness (QED) is 0.428. The molecule has 0 aliphatic carbocycles. The third-order valence-electron chi connectivity index (χ3n) is 6.54. The van der Waals surface area contributed by atoms with Crippen LogP contribution < -0.4 is 4.74 Å². The lowest BCUT2D eigenvalue weighted by Crippen LogP contribution is -2.46. The van der Waals surface area contributed by atoms with E-state index in [0.29, 0.717) is 5.56 Å². The maximum absolute atomic E-state index is 15.3. The van der Waals surface area contributed by atoms with Crippen molar-refractivity contribution in [1.82, 2.24) is 25.2 Å².